The maximum absolute atomic E-state index is 2.82. The fraction of sp³-hybridized carbons (Fsp3) is 0.750. The van der Waals surface area contributed by atoms with Crippen molar-refractivity contribution < 1.29 is 0 Å². The standard InChI is InChI=1S/C24H34I4/c1-4-16-11-20(15(3)10-22(16)26)14(2)9-19-6-5-17(12-23(19)27)18-7-8-21(25)24(28)13-18/h10-11,14,17-19,21,23-24H,4-9,12-13H2,1-3H3/t14-,17?,18?,19?,21?,23?,24?/m1/s1. The van der Waals surface area contributed by atoms with E-state index in [9.17, 15) is 0 Å². The maximum Gasteiger partial charge on any atom is 0.0230 e. The van der Waals surface area contributed by atoms with Gasteiger partial charge in [0.15, 0.2) is 0 Å². The van der Waals surface area contributed by atoms with Gasteiger partial charge in [0.1, 0.15) is 0 Å². The zero-order valence-corrected chi connectivity index (χ0v) is 26.0. The van der Waals surface area contributed by atoms with Crippen molar-refractivity contribution in [3.05, 3.63) is 32.4 Å². The van der Waals surface area contributed by atoms with E-state index in [4.69, 9.17) is 0 Å². The minimum Gasteiger partial charge on any atom is -0.0823 e. The lowest BCUT2D eigenvalue weighted by Crippen LogP contribution is -2.34. The lowest BCUT2D eigenvalue weighted by molar-refractivity contribution is 0.177. The van der Waals surface area contributed by atoms with E-state index >= 15 is 0 Å². The Morgan fingerprint density at radius 3 is 2.18 bits per heavy atom. The lowest BCUT2D eigenvalue weighted by Gasteiger charge is -2.41. The van der Waals surface area contributed by atoms with Crippen LogP contribution in [0.3, 0.4) is 0 Å². The quantitative estimate of drug-likeness (QED) is 0.205. The first-order chi connectivity index (χ1) is 13.3. The average molecular weight is 830 g/mol. The van der Waals surface area contributed by atoms with Crippen LogP contribution in [0.4, 0.5) is 0 Å². The molecule has 2 fully saturated rings. The van der Waals surface area contributed by atoms with Crippen molar-refractivity contribution in [3.8, 4) is 0 Å². The summed E-state index contributed by atoms with van der Waals surface area (Å²) in [5.74, 6) is 3.61. The molecule has 0 N–H and O–H groups in total. The Kier molecular flexibility index (Phi) is 10.0. The smallest absolute Gasteiger partial charge is 0.0230 e. The molecule has 7 atom stereocenters. The molecule has 0 radical (unpaired) electrons. The van der Waals surface area contributed by atoms with Crippen LogP contribution in [0, 0.1) is 28.2 Å². The van der Waals surface area contributed by atoms with Crippen molar-refractivity contribution in [2.24, 2.45) is 17.8 Å². The summed E-state index contributed by atoms with van der Waals surface area (Å²) in [5.41, 5.74) is 4.63. The Balaban J connectivity index is 1.59. The predicted octanol–water partition coefficient (Wildman–Crippen LogP) is 9.28. The van der Waals surface area contributed by atoms with Crippen LogP contribution in [0.2, 0.25) is 0 Å². The number of hydrogen-bond donors (Lipinski definition) is 0. The lowest BCUT2D eigenvalue weighted by atomic mass is 9.69. The highest BCUT2D eigenvalue weighted by Gasteiger charge is 2.37. The summed E-state index contributed by atoms with van der Waals surface area (Å²) in [6.07, 6.45) is 11.4. The summed E-state index contributed by atoms with van der Waals surface area (Å²) in [4.78, 5) is 0. The zero-order chi connectivity index (χ0) is 20.4. The summed E-state index contributed by atoms with van der Waals surface area (Å²) < 4.78 is 4.13. The SMILES string of the molecule is CCc1cc([C@H](C)CC2CCC(C3CCC(I)C(I)C3)CC2I)c(C)cc1I. The van der Waals surface area contributed by atoms with Crippen molar-refractivity contribution in [2.45, 2.75) is 89.8 Å². The maximum atomic E-state index is 2.82. The molecular weight excluding hydrogens is 796 g/mol. The third-order valence-electron chi connectivity index (χ3n) is 7.35. The molecule has 0 heterocycles. The van der Waals surface area contributed by atoms with Crippen LogP contribution in [0.5, 0.6) is 0 Å². The van der Waals surface area contributed by atoms with Gasteiger partial charge in [0.25, 0.3) is 0 Å². The molecule has 158 valence electrons. The Morgan fingerprint density at radius 1 is 0.929 bits per heavy atom. The number of alkyl halides is 3. The molecule has 0 amide bonds. The molecule has 2 aliphatic rings. The van der Waals surface area contributed by atoms with Crippen molar-refractivity contribution in [2.75, 3.05) is 0 Å². The van der Waals surface area contributed by atoms with E-state index in [0.717, 1.165) is 35.9 Å². The van der Waals surface area contributed by atoms with Gasteiger partial charge in [0.05, 0.1) is 0 Å². The van der Waals surface area contributed by atoms with Gasteiger partial charge in [-0.2, -0.15) is 0 Å². The first-order valence-corrected chi connectivity index (χ1v) is 15.8. The second-order valence-corrected chi connectivity index (χ2v) is 15.2. The van der Waals surface area contributed by atoms with Crippen molar-refractivity contribution in [3.63, 3.8) is 0 Å². The average Bonchev–Trinajstić information content (AvgIpc) is 2.65. The van der Waals surface area contributed by atoms with Crippen LogP contribution in [0.1, 0.15) is 81.4 Å². The monoisotopic (exact) mass is 830 g/mol. The molecule has 0 bridgehead atoms. The minimum atomic E-state index is 0.689. The van der Waals surface area contributed by atoms with Crippen LogP contribution in [0.25, 0.3) is 0 Å². The summed E-state index contributed by atoms with van der Waals surface area (Å²) >= 11 is 10.7. The van der Waals surface area contributed by atoms with Crippen LogP contribution < -0.4 is 0 Å². The zero-order valence-electron chi connectivity index (χ0n) is 17.4. The number of halogens is 4. The largest absolute Gasteiger partial charge is 0.0823 e. The third kappa shape index (κ3) is 6.13. The molecule has 4 heteroatoms. The van der Waals surface area contributed by atoms with E-state index in [1.807, 2.05) is 0 Å². The van der Waals surface area contributed by atoms with Gasteiger partial charge in [-0.15, -0.1) is 0 Å². The van der Waals surface area contributed by atoms with Crippen LogP contribution >= 0.6 is 90.4 Å². The summed E-state index contributed by atoms with van der Waals surface area (Å²) in [5, 5.41) is 0. The van der Waals surface area contributed by atoms with Crippen molar-refractivity contribution >= 4 is 90.4 Å². The summed E-state index contributed by atoms with van der Waals surface area (Å²) in [7, 11) is 0. The van der Waals surface area contributed by atoms with E-state index in [-0.39, 0.29) is 0 Å². The molecule has 1 aromatic rings. The number of benzene rings is 1. The van der Waals surface area contributed by atoms with Crippen LogP contribution in [-0.4, -0.2) is 11.8 Å². The van der Waals surface area contributed by atoms with Crippen molar-refractivity contribution in [1.29, 1.82) is 0 Å². The minimum absolute atomic E-state index is 0.689. The van der Waals surface area contributed by atoms with E-state index < -0.39 is 0 Å². The predicted molar refractivity (Wildman–Crippen MR) is 158 cm³/mol. The van der Waals surface area contributed by atoms with Crippen LogP contribution in [-0.2, 0) is 6.42 Å². The second-order valence-electron chi connectivity index (χ2n) is 9.24. The Labute approximate surface area is 227 Å². The molecule has 0 nitrogen and oxygen atoms in total. The van der Waals surface area contributed by atoms with Gasteiger partial charge in [-0.05, 0) is 127 Å². The Bertz CT molecular complexity index is 658. The molecule has 0 aliphatic heterocycles. The van der Waals surface area contributed by atoms with Gasteiger partial charge in [0.2, 0.25) is 0 Å². The Morgan fingerprint density at radius 2 is 1.57 bits per heavy atom. The molecule has 28 heavy (non-hydrogen) atoms. The van der Waals surface area contributed by atoms with Gasteiger partial charge < -0.3 is 0 Å². The summed E-state index contributed by atoms with van der Waals surface area (Å²) in [6.45, 7) is 7.08. The highest BCUT2D eigenvalue weighted by molar-refractivity contribution is 14.1. The molecule has 3 rings (SSSR count). The van der Waals surface area contributed by atoms with E-state index in [1.54, 1.807) is 5.56 Å². The highest BCUT2D eigenvalue weighted by Crippen LogP contribution is 2.47. The molecule has 2 saturated carbocycles. The van der Waals surface area contributed by atoms with Gasteiger partial charge in [-0.25, -0.2) is 0 Å². The Hall–Kier alpha value is 2.14. The molecule has 1 aromatic carbocycles. The van der Waals surface area contributed by atoms with Gasteiger partial charge in [-0.3, -0.25) is 0 Å². The molecule has 0 aromatic heterocycles. The van der Waals surface area contributed by atoms with E-state index in [2.05, 4.69) is 123 Å². The first kappa shape index (κ1) is 24.8. The van der Waals surface area contributed by atoms with E-state index in [0.29, 0.717) is 5.92 Å². The summed E-state index contributed by atoms with van der Waals surface area (Å²) in [6, 6.07) is 4.92. The number of rotatable bonds is 5. The molecule has 0 saturated heterocycles. The molecule has 6 unspecified atom stereocenters. The topological polar surface area (TPSA) is 0 Å². The van der Waals surface area contributed by atoms with Gasteiger partial charge >= 0.3 is 0 Å². The first-order valence-electron chi connectivity index (χ1n) is 11.0. The van der Waals surface area contributed by atoms with Crippen LogP contribution in [0.15, 0.2) is 12.1 Å². The number of hydrogen-bond acceptors (Lipinski definition) is 0. The normalized spacial score (nSPS) is 35.0. The molecule has 2 aliphatic carbocycles. The fourth-order valence-electron chi connectivity index (χ4n) is 5.56. The second kappa shape index (κ2) is 11.3. The third-order valence-corrected chi connectivity index (χ3v) is 14.1. The molecular formula is C24H34I4. The van der Waals surface area contributed by atoms with Crippen molar-refractivity contribution in [1.82, 2.24) is 0 Å². The number of aryl methyl sites for hydroxylation is 2. The fourth-order valence-corrected chi connectivity index (χ4v) is 9.54. The molecule has 0 spiro atoms. The van der Waals surface area contributed by atoms with Gasteiger partial charge in [-0.1, -0.05) is 87.7 Å². The van der Waals surface area contributed by atoms with Gasteiger partial charge in [0, 0.05) is 15.3 Å². The van der Waals surface area contributed by atoms with E-state index in [1.165, 1.54) is 59.6 Å². The highest BCUT2D eigenvalue weighted by atomic mass is 127.